The lowest BCUT2D eigenvalue weighted by molar-refractivity contribution is -0.136. The summed E-state index contributed by atoms with van der Waals surface area (Å²) in [5.74, 6) is -1.34. The highest BCUT2D eigenvalue weighted by Gasteiger charge is 2.15. The van der Waals surface area contributed by atoms with Crippen molar-refractivity contribution in [3.05, 3.63) is 91.9 Å². The van der Waals surface area contributed by atoms with E-state index >= 15 is 0 Å². The van der Waals surface area contributed by atoms with E-state index in [9.17, 15) is 9.59 Å². The third-order valence-corrected chi connectivity index (χ3v) is 5.46. The van der Waals surface area contributed by atoms with Crippen molar-refractivity contribution in [3.8, 4) is 5.75 Å². The van der Waals surface area contributed by atoms with Crippen LogP contribution < -0.4 is 15.5 Å². The van der Waals surface area contributed by atoms with Crippen LogP contribution in [0, 0.1) is 0 Å². The van der Waals surface area contributed by atoms with Gasteiger partial charge in [0.15, 0.2) is 0 Å². The number of halogens is 4. The molecule has 2 N–H and O–H groups in total. The molecule has 0 bridgehead atoms. The van der Waals surface area contributed by atoms with Crippen LogP contribution in [0.25, 0.3) is 0 Å². The minimum atomic E-state index is -0.970. The van der Waals surface area contributed by atoms with Gasteiger partial charge >= 0.3 is 11.8 Å². The van der Waals surface area contributed by atoms with E-state index < -0.39 is 11.8 Å². The first kappa shape index (κ1) is 23.9. The highest BCUT2D eigenvalue weighted by molar-refractivity contribution is 6.45. The van der Waals surface area contributed by atoms with Gasteiger partial charge in [0.2, 0.25) is 0 Å². The van der Waals surface area contributed by atoms with Crippen molar-refractivity contribution in [2.24, 2.45) is 5.10 Å². The van der Waals surface area contributed by atoms with Crippen LogP contribution in [0.15, 0.2) is 65.8 Å². The van der Waals surface area contributed by atoms with Gasteiger partial charge in [-0.25, -0.2) is 5.43 Å². The number of rotatable bonds is 6. The van der Waals surface area contributed by atoms with Crippen LogP contribution >= 0.6 is 46.4 Å². The van der Waals surface area contributed by atoms with E-state index in [1.165, 1.54) is 12.3 Å². The standard InChI is InChI=1S/C22H15Cl4N3O3/c23-15-8-7-14(18(25)10-15)12-32-16-4-1-3-13(9-16)11-27-29-22(31)21(30)28-19-6-2-5-17(24)20(19)26/h1-11H,12H2,(H,28,30)(H,29,31)/b27-11-. The number of hydrogen-bond donors (Lipinski definition) is 2. The highest BCUT2D eigenvalue weighted by Crippen LogP contribution is 2.29. The maximum Gasteiger partial charge on any atom is 0.329 e. The van der Waals surface area contributed by atoms with Gasteiger partial charge in [-0.1, -0.05) is 70.7 Å². The van der Waals surface area contributed by atoms with Gasteiger partial charge in [0.25, 0.3) is 0 Å². The smallest absolute Gasteiger partial charge is 0.329 e. The van der Waals surface area contributed by atoms with E-state index in [4.69, 9.17) is 51.1 Å². The van der Waals surface area contributed by atoms with E-state index in [-0.39, 0.29) is 22.3 Å². The van der Waals surface area contributed by atoms with Crippen molar-refractivity contribution in [3.63, 3.8) is 0 Å². The fraction of sp³-hybridized carbons (Fsp3) is 0.0455. The molecule has 0 aliphatic heterocycles. The number of nitrogens with one attached hydrogen (secondary N) is 2. The Labute approximate surface area is 204 Å². The molecule has 0 aromatic heterocycles. The number of hydrazone groups is 1. The molecule has 164 valence electrons. The van der Waals surface area contributed by atoms with Crippen LogP contribution in [-0.4, -0.2) is 18.0 Å². The van der Waals surface area contributed by atoms with Crippen molar-refractivity contribution in [2.45, 2.75) is 6.61 Å². The molecular formula is C22H15Cl4N3O3. The normalized spacial score (nSPS) is 10.8. The molecule has 0 saturated heterocycles. The van der Waals surface area contributed by atoms with E-state index in [0.717, 1.165) is 5.56 Å². The molecule has 32 heavy (non-hydrogen) atoms. The Morgan fingerprint density at radius 3 is 2.47 bits per heavy atom. The molecule has 0 saturated carbocycles. The second-order valence-electron chi connectivity index (χ2n) is 6.35. The molecule has 0 fully saturated rings. The average molecular weight is 511 g/mol. The fourth-order valence-corrected chi connectivity index (χ4v) is 3.29. The molecule has 6 nitrogen and oxygen atoms in total. The molecule has 0 unspecified atom stereocenters. The number of hydrogen-bond acceptors (Lipinski definition) is 4. The minimum Gasteiger partial charge on any atom is -0.489 e. The van der Waals surface area contributed by atoms with Gasteiger partial charge in [-0.05, 0) is 42.0 Å². The molecule has 10 heteroatoms. The van der Waals surface area contributed by atoms with Crippen LogP contribution in [0.5, 0.6) is 5.75 Å². The third-order valence-electron chi connectivity index (χ3n) is 4.05. The van der Waals surface area contributed by atoms with Gasteiger partial charge in [0.05, 0.1) is 21.9 Å². The Kier molecular flexibility index (Phi) is 8.36. The Bertz CT molecular complexity index is 1180. The molecule has 0 aliphatic rings. The lowest BCUT2D eigenvalue weighted by Crippen LogP contribution is -2.32. The zero-order valence-corrected chi connectivity index (χ0v) is 19.3. The molecule has 3 aromatic rings. The summed E-state index contributed by atoms with van der Waals surface area (Å²) in [6.45, 7) is 0.250. The second kappa shape index (κ2) is 11.2. The SMILES string of the molecule is O=C(N/N=C\c1cccc(OCc2ccc(Cl)cc2Cl)c1)C(=O)Nc1cccc(Cl)c1Cl. The van der Waals surface area contributed by atoms with Crippen molar-refractivity contribution in [2.75, 3.05) is 5.32 Å². The van der Waals surface area contributed by atoms with E-state index in [1.54, 1.807) is 54.6 Å². The maximum absolute atomic E-state index is 12.0. The second-order valence-corrected chi connectivity index (χ2v) is 7.98. The molecule has 3 rings (SSSR count). The van der Waals surface area contributed by atoms with Crippen molar-refractivity contribution in [1.29, 1.82) is 0 Å². The van der Waals surface area contributed by atoms with Crippen LogP contribution in [0.3, 0.4) is 0 Å². The van der Waals surface area contributed by atoms with Crippen molar-refractivity contribution < 1.29 is 14.3 Å². The lowest BCUT2D eigenvalue weighted by atomic mass is 10.2. The molecule has 2 amide bonds. The van der Waals surface area contributed by atoms with Crippen LogP contribution in [0.2, 0.25) is 20.1 Å². The number of anilines is 1. The monoisotopic (exact) mass is 509 g/mol. The van der Waals surface area contributed by atoms with Gasteiger partial charge < -0.3 is 10.1 Å². The Balaban J connectivity index is 1.55. The highest BCUT2D eigenvalue weighted by atomic mass is 35.5. The van der Waals surface area contributed by atoms with Crippen LogP contribution in [0.1, 0.15) is 11.1 Å². The van der Waals surface area contributed by atoms with Gasteiger partial charge in [0, 0.05) is 15.6 Å². The molecule has 3 aromatic carbocycles. The maximum atomic E-state index is 12.0. The van der Waals surface area contributed by atoms with E-state index in [0.29, 0.717) is 21.4 Å². The molecule has 0 spiro atoms. The number of benzene rings is 3. The van der Waals surface area contributed by atoms with E-state index in [2.05, 4.69) is 15.8 Å². The third kappa shape index (κ3) is 6.61. The summed E-state index contributed by atoms with van der Waals surface area (Å²) in [6.07, 6.45) is 1.37. The quantitative estimate of drug-likeness (QED) is 0.243. The first-order valence-corrected chi connectivity index (χ1v) is 10.6. The van der Waals surface area contributed by atoms with Gasteiger partial charge in [0.1, 0.15) is 12.4 Å². The minimum absolute atomic E-state index is 0.135. The largest absolute Gasteiger partial charge is 0.489 e. The summed E-state index contributed by atoms with van der Waals surface area (Å²) in [7, 11) is 0. The average Bonchev–Trinajstić information content (AvgIpc) is 2.76. The predicted octanol–water partition coefficient (Wildman–Crippen LogP) is 5.97. The molecule has 0 heterocycles. The van der Waals surface area contributed by atoms with Crippen molar-refractivity contribution in [1.82, 2.24) is 5.43 Å². The molecular weight excluding hydrogens is 496 g/mol. The zero-order valence-electron chi connectivity index (χ0n) is 16.2. The van der Waals surface area contributed by atoms with Gasteiger partial charge in [-0.15, -0.1) is 0 Å². The Morgan fingerprint density at radius 2 is 1.69 bits per heavy atom. The summed E-state index contributed by atoms with van der Waals surface area (Å²) >= 11 is 23.9. The molecule has 0 radical (unpaired) electrons. The summed E-state index contributed by atoms with van der Waals surface area (Å²) in [4.78, 5) is 24.0. The number of amides is 2. The summed E-state index contributed by atoms with van der Waals surface area (Å²) in [6, 6.07) is 16.8. The Morgan fingerprint density at radius 1 is 0.906 bits per heavy atom. The zero-order chi connectivity index (χ0) is 23.1. The van der Waals surface area contributed by atoms with Gasteiger partial charge in [-0.3, -0.25) is 9.59 Å². The van der Waals surface area contributed by atoms with Crippen LogP contribution in [-0.2, 0) is 16.2 Å². The summed E-state index contributed by atoms with van der Waals surface area (Å²) in [5.41, 5.74) is 3.79. The number of ether oxygens (including phenoxy) is 1. The number of carbonyl (C=O) groups excluding carboxylic acids is 2. The fourth-order valence-electron chi connectivity index (χ4n) is 2.48. The number of nitrogens with zero attached hydrogens (tertiary/aromatic N) is 1. The van der Waals surface area contributed by atoms with E-state index in [1.807, 2.05) is 0 Å². The van der Waals surface area contributed by atoms with Crippen LogP contribution in [0.4, 0.5) is 5.69 Å². The summed E-state index contributed by atoms with van der Waals surface area (Å²) < 4.78 is 5.74. The summed E-state index contributed by atoms with van der Waals surface area (Å²) in [5, 5.41) is 7.60. The molecule has 0 atom stereocenters. The molecule has 0 aliphatic carbocycles. The topological polar surface area (TPSA) is 79.8 Å². The first-order valence-electron chi connectivity index (χ1n) is 9.08. The lowest BCUT2D eigenvalue weighted by Gasteiger charge is -2.08. The first-order chi connectivity index (χ1) is 15.3. The van der Waals surface area contributed by atoms with Crippen molar-refractivity contribution >= 4 is 70.1 Å². The predicted molar refractivity (Wildman–Crippen MR) is 128 cm³/mol. The Hall–Kier alpha value is -2.77. The number of carbonyl (C=O) groups is 2. The van der Waals surface area contributed by atoms with Gasteiger partial charge in [-0.2, -0.15) is 5.10 Å².